The Hall–Kier alpha value is -2.30. The highest BCUT2D eigenvalue weighted by Gasteiger charge is 2.22. The lowest BCUT2D eigenvalue weighted by atomic mass is 10.1. The standard InChI is InChI=1S/C19H16Cl2N4/c20-13-6-9-15(21)17(10-13)23-18-11-16(12-4-2-1-3-5-12)24-19(25-18)22-14-7-8-14/h1-6,9-11,14H,7-8H2,(H2,22,23,24,25). The molecule has 6 heteroatoms. The molecular formula is C19H16Cl2N4. The molecule has 2 N–H and O–H groups in total. The average molecular weight is 371 g/mol. The van der Waals surface area contributed by atoms with Gasteiger partial charge in [-0.05, 0) is 31.0 Å². The SMILES string of the molecule is Clc1ccc(Cl)c(Nc2cc(-c3ccccc3)nc(NC3CC3)n2)c1. The summed E-state index contributed by atoms with van der Waals surface area (Å²) in [6.45, 7) is 0. The van der Waals surface area contributed by atoms with Gasteiger partial charge in [0.05, 0.1) is 16.4 Å². The minimum absolute atomic E-state index is 0.466. The number of hydrogen-bond acceptors (Lipinski definition) is 4. The van der Waals surface area contributed by atoms with E-state index >= 15 is 0 Å². The summed E-state index contributed by atoms with van der Waals surface area (Å²) in [6, 6.07) is 17.7. The molecule has 1 saturated carbocycles. The maximum absolute atomic E-state index is 6.26. The first-order valence-electron chi connectivity index (χ1n) is 8.10. The zero-order valence-corrected chi connectivity index (χ0v) is 14.8. The zero-order chi connectivity index (χ0) is 17.2. The molecule has 1 heterocycles. The Kier molecular flexibility index (Phi) is 4.47. The Morgan fingerprint density at radius 1 is 0.920 bits per heavy atom. The fourth-order valence-corrected chi connectivity index (χ4v) is 2.81. The van der Waals surface area contributed by atoms with Crippen molar-refractivity contribution < 1.29 is 0 Å². The third kappa shape index (κ3) is 4.03. The summed E-state index contributed by atoms with van der Waals surface area (Å²) < 4.78 is 0. The topological polar surface area (TPSA) is 49.8 Å². The average Bonchev–Trinajstić information content (AvgIpc) is 3.43. The van der Waals surface area contributed by atoms with Crippen molar-refractivity contribution in [1.29, 1.82) is 0 Å². The Bertz CT molecular complexity index is 895. The van der Waals surface area contributed by atoms with E-state index in [0.717, 1.165) is 24.1 Å². The van der Waals surface area contributed by atoms with Crippen LogP contribution in [0.25, 0.3) is 11.3 Å². The van der Waals surface area contributed by atoms with Crippen LogP contribution < -0.4 is 10.6 Å². The van der Waals surface area contributed by atoms with E-state index in [4.69, 9.17) is 23.2 Å². The quantitative estimate of drug-likeness (QED) is 0.598. The Morgan fingerprint density at radius 3 is 2.48 bits per heavy atom. The number of nitrogens with one attached hydrogen (secondary N) is 2. The van der Waals surface area contributed by atoms with Crippen LogP contribution >= 0.6 is 23.2 Å². The molecule has 0 bridgehead atoms. The molecule has 2 aromatic carbocycles. The van der Waals surface area contributed by atoms with E-state index in [9.17, 15) is 0 Å². The van der Waals surface area contributed by atoms with Crippen LogP contribution in [0.1, 0.15) is 12.8 Å². The lowest BCUT2D eigenvalue weighted by Gasteiger charge is -2.12. The summed E-state index contributed by atoms with van der Waals surface area (Å²) in [7, 11) is 0. The molecule has 0 saturated heterocycles. The minimum Gasteiger partial charge on any atom is -0.351 e. The molecular weight excluding hydrogens is 355 g/mol. The van der Waals surface area contributed by atoms with Gasteiger partial charge in [-0.25, -0.2) is 4.98 Å². The van der Waals surface area contributed by atoms with Crippen molar-refractivity contribution in [1.82, 2.24) is 9.97 Å². The van der Waals surface area contributed by atoms with Gasteiger partial charge >= 0.3 is 0 Å². The number of rotatable bonds is 5. The summed E-state index contributed by atoms with van der Waals surface area (Å²) in [6.07, 6.45) is 2.31. The molecule has 126 valence electrons. The first kappa shape index (κ1) is 16.2. The second kappa shape index (κ2) is 6.90. The van der Waals surface area contributed by atoms with Crippen molar-refractivity contribution >= 4 is 40.7 Å². The molecule has 25 heavy (non-hydrogen) atoms. The minimum atomic E-state index is 0.466. The van der Waals surface area contributed by atoms with Gasteiger partial charge in [-0.15, -0.1) is 0 Å². The van der Waals surface area contributed by atoms with Crippen LogP contribution in [0.2, 0.25) is 10.0 Å². The highest BCUT2D eigenvalue weighted by Crippen LogP contribution is 2.30. The fraction of sp³-hybridized carbons (Fsp3) is 0.158. The van der Waals surface area contributed by atoms with Gasteiger partial charge in [-0.2, -0.15) is 4.98 Å². The lowest BCUT2D eigenvalue weighted by Crippen LogP contribution is -2.07. The van der Waals surface area contributed by atoms with Crippen LogP contribution in [0.4, 0.5) is 17.5 Å². The van der Waals surface area contributed by atoms with E-state index in [0.29, 0.717) is 33.5 Å². The number of halogens is 2. The molecule has 4 rings (SSSR count). The van der Waals surface area contributed by atoms with Crippen LogP contribution in [0.15, 0.2) is 54.6 Å². The van der Waals surface area contributed by atoms with Crippen molar-refractivity contribution in [3.05, 3.63) is 64.6 Å². The molecule has 1 aliphatic carbocycles. The van der Waals surface area contributed by atoms with Crippen LogP contribution in [0.5, 0.6) is 0 Å². The molecule has 4 nitrogen and oxygen atoms in total. The van der Waals surface area contributed by atoms with Gasteiger partial charge in [0.1, 0.15) is 5.82 Å². The Morgan fingerprint density at radius 2 is 1.72 bits per heavy atom. The molecule has 0 amide bonds. The summed E-state index contributed by atoms with van der Waals surface area (Å²) in [5.74, 6) is 1.28. The number of nitrogens with zero attached hydrogens (tertiary/aromatic N) is 2. The lowest BCUT2D eigenvalue weighted by molar-refractivity contribution is 1.06. The third-order valence-electron chi connectivity index (χ3n) is 3.90. The monoisotopic (exact) mass is 370 g/mol. The van der Waals surface area contributed by atoms with Crippen molar-refractivity contribution in [2.45, 2.75) is 18.9 Å². The number of anilines is 3. The molecule has 0 unspecified atom stereocenters. The van der Waals surface area contributed by atoms with Crippen molar-refractivity contribution in [3.63, 3.8) is 0 Å². The second-order valence-corrected chi connectivity index (χ2v) is 6.84. The largest absolute Gasteiger partial charge is 0.351 e. The number of aromatic nitrogens is 2. The zero-order valence-electron chi connectivity index (χ0n) is 13.3. The smallest absolute Gasteiger partial charge is 0.225 e. The van der Waals surface area contributed by atoms with E-state index < -0.39 is 0 Å². The summed E-state index contributed by atoms with van der Waals surface area (Å²) >= 11 is 12.3. The molecule has 1 aliphatic rings. The first-order valence-corrected chi connectivity index (χ1v) is 8.86. The summed E-state index contributed by atoms with van der Waals surface area (Å²) in [5.41, 5.74) is 2.59. The van der Waals surface area contributed by atoms with E-state index in [-0.39, 0.29) is 0 Å². The van der Waals surface area contributed by atoms with Crippen molar-refractivity contribution in [2.75, 3.05) is 10.6 Å². The molecule has 0 spiro atoms. The maximum Gasteiger partial charge on any atom is 0.225 e. The Balaban J connectivity index is 1.71. The van der Waals surface area contributed by atoms with Gasteiger partial charge in [-0.1, -0.05) is 53.5 Å². The highest BCUT2D eigenvalue weighted by molar-refractivity contribution is 6.35. The number of hydrogen-bond donors (Lipinski definition) is 2. The van der Waals surface area contributed by atoms with Crippen LogP contribution in [0, 0.1) is 0 Å². The van der Waals surface area contributed by atoms with E-state index in [1.807, 2.05) is 36.4 Å². The van der Waals surface area contributed by atoms with Gasteiger partial charge < -0.3 is 10.6 Å². The molecule has 0 radical (unpaired) electrons. The van der Waals surface area contributed by atoms with Gasteiger partial charge in [0.15, 0.2) is 0 Å². The van der Waals surface area contributed by atoms with E-state index in [2.05, 4.69) is 20.6 Å². The first-order chi connectivity index (χ1) is 12.2. The molecule has 1 aromatic heterocycles. The highest BCUT2D eigenvalue weighted by atomic mass is 35.5. The normalized spacial score (nSPS) is 13.5. The fourth-order valence-electron chi connectivity index (χ4n) is 2.47. The van der Waals surface area contributed by atoms with Crippen molar-refractivity contribution in [3.8, 4) is 11.3 Å². The Labute approximate surface area is 156 Å². The van der Waals surface area contributed by atoms with Gasteiger partial charge in [-0.3, -0.25) is 0 Å². The van der Waals surface area contributed by atoms with E-state index in [1.54, 1.807) is 18.2 Å². The van der Waals surface area contributed by atoms with Crippen molar-refractivity contribution in [2.24, 2.45) is 0 Å². The van der Waals surface area contributed by atoms with Gasteiger partial charge in [0.2, 0.25) is 5.95 Å². The second-order valence-electron chi connectivity index (χ2n) is 6.00. The van der Waals surface area contributed by atoms with Crippen LogP contribution in [-0.4, -0.2) is 16.0 Å². The molecule has 3 aromatic rings. The van der Waals surface area contributed by atoms with Crippen LogP contribution in [0.3, 0.4) is 0 Å². The van der Waals surface area contributed by atoms with Crippen LogP contribution in [-0.2, 0) is 0 Å². The third-order valence-corrected chi connectivity index (χ3v) is 4.46. The predicted molar refractivity (Wildman–Crippen MR) is 104 cm³/mol. The number of benzene rings is 2. The van der Waals surface area contributed by atoms with Gasteiger partial charge in [0, 0.05) is 22.7 Å². The maximum atomic E-state index is 6.26. The molecule has 0 atom stereocenters. The summed E-state index contributed by atoms with van der Waals surface area (Å²) in [4.78, 5) is 9.21. The molecule has 0 aliphatic heterocycles. The predicted octanol–water partition coefficient (Wildman–Crippen LogP) is 5.77. The molecule has 1 fully saturated rings. The van der Waals surface area contributed by atoms with E-state index in [1.165, 1.54) is 0 Å². The van der Waals surface area contributed by atoms with Gasteiger partial charge in [0.25, 0.3) is 0 Å². The summed E-state index contributed by atoms with van der Waals surface area (Å²) in [5, 5.41) is 7.80.